The molecule has 6 nitrogen and oxygen atoms in total. The normalized spacial score (nSPS) is 18.2. The highest BCUT2D eigenvalue weighted by atomic mass is 127. The molecule has 1 aromatic carbocycles. The maximum Gasteiger partial charge on any atom is 0.193 e. The minimum absolute atomic E-state index is 0. The van der Waals surface area contributed by atoms with Gasteiger partial charge in [-0.1, -0.05) is 23.8 Å². The van der Waals surface area contributed by atoms with Crippen LogP contribution >= 0.6 is 24.0 Å². The zero-order chi connectivity index (χ0) is 17.5. The summed E-state index contributed by atoms with van der Waals surface area (Å²) in [7, 11) is 1.84. The van der Waals surface area contributed by atoms with Gasteiger partial charge >= 0.3 is 0 Å². The van der Waals surface area contributed by atoms with Crippen molar-refractivity contribution in [3.8, 4) is 5.75 Å². The molecule has 1 aromatic rings. The first-order valence-electron chi connectivity index (χ1n) is 9.02. The molecule has 0 spiro atoms. The Balaban J connectivity index is 0.00000243. The van der Waals surface area contributed by atoms with Crippen LogP contribution in [0.25, 0.3) is 0 Å². The molecular formula is C19H29IN4O2. The number of halogens is 1. The zero-order valence-corrected chi connectivity index (χ0v) is 17.7. The Morgan fingerprint density at radius 1 is 1.23 bits per heavy atom. The van der Waals surface area contributed by atoms with Crippen molar-refractivity contribution in [3.05, 3.63) is 35.9 Å². The third kappa shape index (κ3) is 5.51. The van der Waals surface area contributed by atoms with E-state index in [-0.39, 0.29) is 24.0 Å². The minimum Gasteiger partial charge on any atom is -0.506 e. The molecule has 0 saturated carbocycles. The van der Waals surface area contributed by atoms with E-state index in [1.807, 2.05) is 25.2 Å². The largest absolute Gasteiger partial charge is 0.506 e. The number of anilines is 1. The number of hydrogen-bond donors (Lipinski definition) is 2. The average molecular weight is 472 g/mol. The fraction of sp³-hybridized carbons (Fsp3) is 0.526. The second-order valence-corrected chi connectivity index (χ2v) is 6.37. The molecule has 0 aliphatic carbocycles. The number of aliphatic imine (C=N–C) groups is 1. The van der Waals surface area contributed by atoms with Crippen LogP contribution in [-0.4, -0.2) is 69.0 Å². The lowest BCUT2D eigenvalue weighted by Crippen LogP contribution is -2.52. The summed E-state index contributed by atoms with van der Waals surface area (Å²) in [6.45, 7) is 6.03. The summed E-state index contributed by atoms with van der Waals surface area (Å²) < 4.78 is 5.35. The summed E-state index contributed by atoms with van der Waals surface area (Å²) in [5.74, 6) is 1.31. The van der Waals surface area contributed by atoms with E-state index in [2.05, 4.69) is 26.2 Å². The standard InChI is InChI=1S/C19H28N4O2.HI/c1-20-19(21-9-6-16-7-14-25-15-8-16)23-12-10-22(11-13-23)17-4-2-3-5-18(17)24;/h2-5,7,24H,6,8-15H2,1H3,(H,20,21);1H. The van der Waals surface area contributed by atoms with Gasteiger partial charge in [-0.3, -0.25) is 4.99 Å². The van der Waals surface area contributed by atoms with Crippen molar-refractivity contribution in [2.75, 3.05) is 57.9 Å². The fourth-order valence-electron chi connectivity index (χ4n) is 3.35. The molecule has 2 heterocycles. The summed E-state index contributed by atoms with van der Waals surface area (Å²) >= 11 is 0. The van der Waals surface area contributed by atoms with Crippen molar-refractivity contribution in [1.82, 2.24) is 10.2 Å². The summed E-state index contributed by atoms with van der Waals surface area (Å²) in [6, 6.07) is 7.54. The second-order valence-electron chi connectivity index (χ2n) is 6.37. The van der Waals surface area contributed by atoms with Crippen LogP contribution in [0.15, 0.2) is 40.9 Å². The van der Waals surface area contributed by atoms with Gasteiger partial charge in [0.15, 0.2) is 5.96 Å². The lowest BCUT2D eigenvalue weighted by Gasteiger charge is -2.37. The van der Waals surface area contributed by atoms with E-state index in [1.165, 1.54) is 5.57 Å². The van der Waals surface area contributed by atoms with E-state index >= 15 is 0 Å². The molecule has 0 aromatic heterocycles. The number of hydrogen-bond acceptors (Lipinski definition) is 4. The molecule has 2 N–H and O–H groups in total. The molecular weight excluding hydrogens is 443 g/mol. The highest BCUT2D eigenvalue weighted by Crippen LogP contribution is 2.27. The summed E-state index contributed by atoms with van der Waals surface area (Å²) in [5.41, 5.74) is 2.38. The van der Waals surface area contributed by atoms with Crippen molar-refractivity contribution in [2.45, 2.75) is 12.8 Å². The number of rotatable bonds is 4. The first kappa shape index (κ1) is 20.8. The molecule has 0 amide bonds. The number of phenolic OH excluding ortho intramolecular Hbond substituents is 1. The van der Waals surface area contributed by atoms with Crippen LogP contribution in [0.5, 0.6) is 5.75 Å². The minimum atomic E-state index is 0. The van der Waals surface area contributed by atoms with Gasteiger partial charge in [0, 0.05) is 39.8 Å². The Labute approximate surface area is 172 Å². The molecule has 1 saturated heterocycles. The summed E-state index contributed by atoms with van der Waals surface area (Å²) in [4.78, 5) is 8.94. The Bertz CT molecular complexity index is 628. The van der Waals surface area contributed by atoms with Gasteiger partial charge in [0.2, 0.25) is 0 Å². The molecule has 2 aliphatic heterocycles. The summed E-state index contributed by atoms with van der Waals surface area (Å²) in [6.07, 6.45) is 4.28. The van der Waals surface area contributed by atoms with Gasteiger partial charge in [-0.15, -0.1) is 24.0 Å². The van der Waals surface area contributed by atoms with Crippen molar-refractivity contribution in [1.29, 1.82) is 0 Å². The van der Waals surface area contributed by atoms with Crippen molar-refractivity contribution in [2.24, 2.45) is 4.99 Å². The zero-order valence-electron chi connectivity index (χ0n) is 15.4. The quantitative estimate of drug-likeness (QED) is 0.305. The topological polar surface area (TPSA) is 60.3 Å². The van der Waals surface area contributed by atoms with E-state index in [1.54, 1.807) is 6.07 Å². The first-order valence-corrected chi connectivity index (χ1v) is 9.02. The highest BCUT2D eigenvalue weighted by molar-refractivity contribution is 14.0. The maximum absolute atomic E-state index is 10.0. The molecule has 0 radical (unpaired) electrons. The van der Waals surface area contributed by atoms with Crippen LogP contribution in [0.3, 0.4) is 0 Å². The molecule has 144 valence electrons. The first-order chi connectivity index (χ1) is 12.3. The second kappa shape index (κ2) is 10.6. The number of ether oxygens (including phenoxy) is 1. The number of benzene rings is 1. The fourth-order valence-corrected chi connectivity index (χ4v) is 3.35. The molecule has 0 bridgehead atoms. The Hall–Kier alpha value is -1.48. The van der Waals surface area contributed by atoms with Crippen LogP contribution in [0.1, 0.15) is 12.8 Å². The Morgan fingerprint density at radius 3 is 2.65 bits per heavy atom. The number of guanidine groups is 1. The van der Waals surface area contributed by atoms with Crippen molar-refractivity contribution >= 4 is 35.6 Å². The molecule has 0 unspecified atom stereocenters. The maximum atomic E-state index is 10.0. The number of aromatic hydroxyl groups is 1. The number of nitrogens with zero attached hydrogens (tertiary/aromatic N) is 3. The Morgan fingerprint density at radius 2 is 2.00 bits per heavy atom. The van der Waals surface area contributed by atoms with Crippen LogP contribution in [0.2, 0.25) is 0 Å². The molecule has 3 rings (SSSR count). The van der Waals surface area contributed by atoms with Gasteiger partial charge in [-0.2, -0.15) is 0 Å². The van der Waals surface area contributed by atoms with Crippen molar-refractivity contribution < 1.29 is 9.84 Å². The monoisotopic (exact) mass is 472 g/mol. The number of phenols is 1. The SMILES string of the molecule is CN=C(NCCC1=CCOCC1)N1CCN(c2ccccc2O)CC1.I. The predicted octanol–water partition coefficient (Wildman–Crippen LogP) is 2.44. The highest BCUT2D eigenvalue weighted by Gasteiger charge is 2.21. The number of piperazine rings is 1. The van der Waals surface area contributed by atoms with Gasteiger partial charge in [-0.25, -0.2) is 0 Å². The lowest BCUT2D eigenvalue weighted by atomic mass is 10.1. The van der Waals surface area contributed by atoms with Crippen LogP contribution in [0.4, 0.5) is 5.69 Å². The third-order valence-electron chi connectivity index (χ3n) is 4.80. The van der Waals surface area contributed by atoms with E-state index < -0.39 is 0 Å². The predicted molar refractivity (Wildman–Crippen MR) is 117 cm³/mol. The van der Waals surface area contributed by atoms with Crippen LogP contribution in [-0.2, 0) is 4.74 Å². The van der Waals surface area contributed by atoms with E-state index in [0.29, 0.717) is 5.75 Å². The number of nitrogens with one attached hydrogen (secondary N) is 1. The molecule has 1 fully saturated rings. The van der Waals surface area contributed by atoms with Gasteiger partial charge in [-0.05, 0) is 25.0 Å². The van der Waals surface area contributed by atoms with Gasteiger partial charge in [0.1, 0.15) is 5.75 Å². The van der Waals surface area contributed by atoms with Gasteiger partial charge in [0.25, 0.3) is 0 Å². The average Bonchev–Trinajstić information content (AvgIpc) is 2.67. The smallest absolute Gasteiger partial charge is 0.193 e. The molecule has 0 atom stereocenters. The molecule has 2 aliphatic rings. The van der Waals surface area contributed by atoms with E-state index in [9.17, 15) is 5.11 Å². The van der Waals surface area contributed by atoms with E-state index in [0.717, 1.165) is 70.4 Å². The van der Waals surface area contributed by atoms with E-state index in [4.69, 9.17) is 4.74 Å². The van der Waals surface area contributed by atoms with Crippen LogP contribution in [0, 0.1) is 0 Å². The molecule has 26 heavy (non-hydrogen) atoms. The van der Waals surface area contributed by atoms with Gasteiger partial charge in [0.05, 0.1) is 18.9 Å². The number of para-hydroxylation sites is 2. The summed E-state index contributed by atoms with van der Waals surface area (Å²) in [5, 5.41) is 13.5. The third-order valence-corrected chi connectivity index (χ3v) is 4.80. The van der Waals surface area contributed by atoms with Crippen molar-refractivity contribution in [3.63, 3.8) is 0 Å². The Kier molecular flexibility index (Phi) is 8.50. The van der Waals surface area contributed by atoms with Crippen LogP contribution < -0.4 is 10.2 Å². The molecule has 7 heteroatoms. The van der Waals surface area contributed by atoms with Gasteiger partial charge < -0.3 is 25.0 Å². The lowest BCUT2D eigenvalue weighted by molar-refractivity contribution is 0.153.